The number of urea groups is 2. The zero-order valence-electron chi connectivity index (χ0n) is 53.6. The lowest BCUT2D eigenvalue weighted by Crippen LogP contribution is -2.57. The van der Waals surface area contributed by atoms with Crippen LogP contribution in [-0.4, -0.2) is 242 Å². The largest absolute Gasteiger partial charge is 0.378 e. The predicted octanol–water partition coefficient (Wildman–Crippen LogP) is 6.68. The highest BCUT2D eigenvalue weighted by Crippen LogP contribution is 2.33. The molecule has 0 radical (unpaired) electrons. The van der Waals surface area contributed by atoms with E-state index in [2.05, 4.69) is 67.7 Å². The van der Waals surface area contributed by atoms with Gasteiger partial charge in [-0.3, -0.25) is 19.4 Å². The summed E-state index contributed by atoms with van der Waals surface area (Å²) in [7, 11) is 0. The highest BCUT2D eigenvalue weighted by Gasteiger charge is 2.36. The summed E-state index contributed by atoms with van der Waals surface area (Å²) in [5, 5.41) is 8.68. The number of morpholine rings is 4. The second kappa shape index (κ2) is 28.7. The van der Waals surface area contributed by atoms with Crippen molar-refractivity contribution < 1.29 is 38.1 Å². The van der Waals surface area contributed by atoms with Crippen LogP contribution in [0.1, 0.15) is 67.7 Å². The summed E-state index contributed by atoms with van der Waals surface area (Å²) in [6.07, 6.45) is 3.63. The van der Waals surface area contributed by atoms with Gasteiger partial charge in [-0.25, -0.2) is 9.59 Å². The summed E-state index contributed by atoms with van der Waals surface area (Å²) >= 11 is 0. The molecule has 6 aromatic rings. The Labute approximate surface area is 542 Å². The van der Waals surface area contributed by atoms with Gasteiger partial charge in [0.25, 0.3) is 11.8 Å². The molecule has 0 bridgehead atoms. The second-order valence-electron chi connectivity index (χ2n) is 25.0. The Balaban J connectivity index is 0.851. The van der Waals surface area contributed by atoms with E-state index < -0.39 is 12.1 Å². The fourth-order valence-corrected chi connectivity index (χ4v) is 12.9. The Kier molecular flexibility index (Phi) is 19.5. The van der Waals surface area contributed by atoms with Crippen molar-refractivity contribution in [1.29, 1.82) is 0 Å². The average molecular weight is 1270 g/mol. The van der Waals surface area contributed by atoms with Crippen molar-refractivity contribution in [3.05, 3.63) is 108 Å². The van der Waals surface area contributed by atoms with Gasteiger partial charge in [0, 0.05) is 149 Å². The van der Waals surface area contributed by atoms with E-state index in [0.717, 1.165) is 26.2 Å². The molecule has 26 heteroatoms. The van der Waals surface area contributed by atoms with Crippen molar-refractivity contribution in [2.24, 2.45) is 0 Å². The molecule has 7 aliphatic rings. The second-order valence-corrected chi connectivity index (χ2v) is 25.0. The fourth-order valence-electron chi connectivity index (χ4n) is 12.9. The number of rotatable bonds is 14. The molecule has 1 aliphatic carbocycles. The maximum Gasteiger partial charge on any atom is 0.345 e. The topological polar surface area (TPSA) is 239 Å². The molecule has 2 atom stereocenters. The number of hydrazine groups is 1. The molecule has 6 amide bonds. The summed E-state index contributed by atoms with van der Waals surface area (Å²) < 4.78 is 22.7. The van der Waals surface area contributed by atoms with Gasteiger partial charge < -0.3 is 59.0 Å². The van der Waals surface area contributed by atoms with Crippen LogP contribution in [0.2, 0.25) is 0 Å². The summed E-state index contributed by atoms with van der Waals surface area (Å²) in [5.41, 5.74) is 3.61. The standard InChI is InChI=1S/C67H84N18O8/c1-46(2)80-24-26-82(47(3)44-80)60(86)51-10-18-54(19-11-51)69-67(89)84(56-20-12-50(13-21-56)59-72-64(78-32-40-92-41-33-78)75-65(73-59)79-34-42-93-43-35-79)85(57-22-14-52(15-23-57)61(87)83-27-25-81(45-48(83)4)55-6-5-7-55)66(88)68-53-16-8-49(9-17-53)58-70-62(76-28-36-90-37-29-76)74-63(71-58)77-30-38-91-39-31-77/h8-23,46-48,55H,5-7,24-45H2,1-4H3,(H,68,88)(H,69,89). The Morgan fingerprint density at radius 3 is 1.16 bits per heavy atom. The van der Waals surface area contributed by atoms with Crippen LogP contribution in [0, 0.1) is 0 Å². The van der Waals surface area contributed by atoms with Gasteiger partial charge in [-0.05, 0) is 138 Å². The molecule has 1 saturated carbocycles. The molecule has 490 valence electrons. The number of hydrogen-bond donors (Lipinski definition) is 2. The van der Waals surface area contributed by atoms with E-state index >= 15 is 9.59 Å². The fraction of sp³-hybridized carbons (Fsp3) is 0.493. The maximum atomic E-state index is 15.7. The Morgan fingerprint density at radius 2 is 0.796 bits per heavy atom. The van der Waals surface area contributed by atoms with Crippen LogP contribution in [0.15, 0.2) is 97.1 Å². The Morgan fingerprint density at radius 1 is 0.441 bits per heavy atom. The van der Waals surface area contributed by atoms with Crippen LogP contribution in [0.3, 0.4) is 0 Å². The number of amides is 6. The van der Waals surface area contributed by atoms with Crippen molar-refractivity contribution in [2.75, 3.05) is 185 Å². The molecule has 2 aromatic heterocycles. The van der Waals surface area contributed by atoms with Gasteiger partial charge in [-0.2, -0.15) is 39.9 Å². The van der Waals surface area contributed by atoms with Gasteiger partial charge in [0.1, 0.15) is 0 Å². The van der Waals surface area contributed by atoms with Gasteiger partial charge >= 0.3 is 12.1 Å². The van der Waals surface area contributed by atoms with Crippen LogP contribution >= 0.6 is 0 Å². The third-order valence-electron chi connectivity index (χ3n) is 18.7. The highest BCUT2D eigenvalue weighted by molar-refractivity contribution is 6.13. The minimum Gasteiger partial charge on any atom is -0.378 e. The van der Waals surface area contributed by atoms with Crippen molar-refractivity contribution in [2.45, 2.75) is 71.1 Å². The van der Waals surface area contributed by atoms with Gasteiger partial charge in [0.05, 0.1) is 64.2 Å². The number of benzene rings is 4. The van der Waals surface area contributed by atoms with Gasteiger partial charge in [0.15, 0.2) is 11.6 Å². The highest BCUT2D eigenvalue weighted by atomic mass is 16.5. The zero-order chi connectivity index (χ0) is 64.0. The first kappa shape index (κ1) is 63.1. The molecular weight excluding hydrogens is 1180 g/mol. The molecule has 2 N–H and O–H groups in total. The molecule has 26 nitrogen and oxygen atoms in total. The molecule has 13 rings (SSSR count). The third-order valence-corrected chi connectivity index (χ3v) is 18.7. The number of hydrogen-bond acceptors (Lipinski definition) is 20. The van der Waals surface area contributed by atoms with E-state index in [1.165, 1.54) is 29.3 Å². The number of nitrogens with zero attached hydrogens (tertiary/aromatic N) is 16. The summed E-state index contributed by atoms with van der Waals surface area (Å²) in [6.45, 7) is 22.2. The van der Waals surface area contributed by atoms with Crippen molar-refractivity contribution in [3.8, 4) is 22.8 Å². The lowest BCUT2D eigenvalue weighted by atomic mass is 9.90. The maximum absolute atomic E-state index is 15.7. The molecule has 6 aliphatic heterocycles. The normalized spacial score (nSPS) is 20.3. The summed E-state index contributed by atoms with van der Waals surface area (Å²) in [4.78, 5) is 107. The Bertz CT molecular complexity index is 3490. The van der Waals surface area contributed by atoms with Crippen LogP contribution in [0.4, 0.5) is 56.1 Å². The summed E-state index contributed by atoms with van der Waals surface area (Å²) in [5.74, 6) is 2.84. The van der Waals surface area contributed by atoms with E-state index in [0.29, 0.717) is 205 Å². The smallest absolute Gasteiger partial charge is 0.345 e. The number of anilines is 8. The van der Waals surface area contributed by atoms with Crippen LogP contribution in [-0.2, 0) is 18.9 Å². The molecule has 2 unspecified atom stereocenters. The van der Waals surface area contributed by atoms with Crippen molar-refractivity contribution >= 4 is 70.4 Å². The lowest BCUT2D eigenvalue weighted by molar-refractivity contribution is 0.0252. The number of carbonyl (C=O) groups excluding carboxylic acids is 4. The quantitative estimate of drug-likeness (QED) is 0.108. The number of carbonyl (C=O) groups is 4. The van der Waals surface area contributed by atoms with Gasteiger partial charge in [-0.1, -0.05) is 6.42 Å². The number of piperazine rings is 2. The molecule has 4 aromatic carbocycles. The first-order chi connectivity index (χ1) is 45.4. The SMILES string of the molecule is CC(C)N1CCN(C(=O)c2ccc(NC(=O)N(c3ccc(-c4nc(N5CCOCC5)nc(N5CCOCC5)n4)cc3)N(C(=O)Nc3ccc(-c4nc(N5CCOCC5)nc(N5CCOCC5)n4)cc3)c3ccc(C(=O)N4CCN(C5CCC5)CC4C)cc3)cc2)C(C)C1. The molecule has 8 heterocycles. The first-order valence-electron chi connectivity index (χ1n) is 32.9. The number of aromatic nitrogens is 6. The molecule has 6 saturated heterocycles. The molecular formula is C67H84N18O8. The third kappa shape index (κ3) is 14.5. The molecule has 0 spiro atoms. The van der Waals surface area contributed by atoms with Crippen LogP contribution in [0.5, 0.6) is 0 Å². The number of ether oxygens (including phenoxy) is 4. The Hall–Kier alpha value is -8.66. The van der Waals surface area contributed by atoms with Crippen molar-refractivity contribution in [3.63, 3.8) is 0 Å². The molecule has 93 heavy (non-hydrogen) atoms. The average Bonchev–Trinajstić information content (AvgIpc) is 1.37. The summed E-state index contributed by atoms with van der Waals surface area (Å²) in [6, 6.07) is 27.5. The van der Waals surface area contributed by atoms with E-state index in [-0.39, 0.29) is 29.6 Å². The van der Waals surface area contributed by atoms with E-state index in [9.17, 15) is 9.59 Å². The monoisotopic (exact) mass is 1270 g/mol. The van der Waals surface area contributed by atoms with E-state index in [1.807, 2.05) is 34.1 Å². The minimum absolute atomic E-state index is 0.00300. The molecule has 7 fully saturated rings. The predicted molar refractivity (Wildman–Crippen MR) is 355 cm³/mol. The van der Waals surface area contributed by atoms with Gasteiger partial charge in [-0.15, -0.1) is 0 Å². The zero-order valence-corrected chi connectivity index (χ0v) is 53.6. The van der Waals surface area contributed by atoms with E-state index in [1.54, 1.807) is 72.8 Å². The van der Waals surface area contributed by atoms with Gasteiger partial charge in [0.2, 0.25) is 23.8 Å². The van der Waals surface area contributed by atoms with Crippen LogP contribution < -0.4 is 40.3 Å². The lowest BCUT2D eigenvalue weighted by Gasteiger charge is -2.46. The van der Waals surface area contributed by atoms with E-state index in [4.69, 9.17) is 48.9 Å². The van der Waals surface area contributed by atoms with Crippen LogP contribution in [0.25, 0.3) is 22.8 Å². The first-order valence-corrected chi connectivity index (χ1v) is 32.9. The number of nitrogens with one attached hydrogen (secondary N) is 2. The van der Waals surface area contributed by atoms with Crippen molar-refractivity contribution in [1.82, 2.24) is 49.5 Å². The minimum atomic E-state index is -0.713.